The van der Waals surface area contributed by atoms with Gasteiger partial charge in [0, 0.05) is 24.3 Å². The number of carbonyl (C=O) groups is 1. The van der Waals surface area contributed by atoms with Crippen molar-refractivity contribution < 1.29 is 4.79 Å². The fourth-order valence-corrected chi connectivity index (χ4v) is 2.68. The fraction of sp³-hybridized carbons (Fsp3) is 0.600. The van der Waals surface area contributed by atoms with Crippen LogP contribution >= 0.6 is 11.6 Å². The van der Waals surface area contributed by atoms with Gasteiger partial charge in [0.1, 0.15) is 5.15 Å². The monoisotopic (exact) mass is 280 g/mol. The molecule has 0 N–H and O–H groups in total. The highest BCUT2D eigenvalue weighted by atomic mass is 35.5. The third-order valence-electron chi connectivity index (χ3n) is 3.80. The second-order valence-corrected chi connectivity index (χ2v) is 5.96. The molecule has 4 heteroatoms. The summed E-state index contributed by atoms with van der Waals surface area (Å²) in [5, 5.41) is 0.404. The van der Waals surface area contributed by atoms with E-state index in [-0.39, 0.29) is 11.8 Å². The average molecular weight is 281 g/mol. The van der Waals surface area contributed by atoms with Crippen LogP contribution < -0.4 is 0 Å². The lowest BCUT2D eigenvalue weighted by Crippen LogP contribution is -2.28. The highest BCUT2D eigenvalue weighted by Gasteiger charge is 2.26. The highest BCUT2D eigenvalue weighted by molar-refractivity contribution is 6.29. The number of nitrogens with zero attached hydrogens (tertiary/aromatic N) is 2. The molecule has 3 nitrogen and oxygen atoms in total. The molecule has 1 fully saturated rings. The second kappa shape index (κ2) is 5.91. The smallest absolute Gasteiger partial charge is 0.254 e. The first kappa shape index (κ1) is 14.3. The lowest BCUT2D eigenvalue weighted by Gasteiger charge is -2.17. The van der Waals surface area contributed by atoms with Gasteiger partial charge in [0.25, 0.3) is 5.91 Å². The Hall–Kier alpha value is -1.09. The minimum absolute atomic E-state index is 0.0853. The molecule has 0 saturated carbocycles. The summed E-state index contributed by atoms with van der Waals surface area (Å²) >= 11 is 6.02. The maximum atomic E-state index is 12.5. The molecular formula is C15H21ClN2O. The molecule has 1 saturated heterocycles. The zero-order valence-corrected chi connectivity index (χ0v) is 12.6. The molecule has 0 aromatic carbocycles. The third kappa shape index (κ3) is 3.27. The molecule has 2 rings (SSSR count). The van der Waals surface area contributed by atoms with Gasteiger partial charge >= 0.3 is 0 Å². The first-order chi connectivity index (χ1) is 9.01. The molecule has 1 aliphatic heterocycles. The highest BCUT2D eigenvalue weighted by Crippen LogP contribution is 2.23. The number of aromatic nitrogens is 1. The second-order valence-electron chi connectivity index (χ2n) is 5.57. The maximum absolute atomic E-state index is 12.5. The Balaban J connectivity index is 2.19. The molecule has 19 heavy (non-hydrogen) atoms. The molecule has 1 unspecified atom stereocenters. The van der Waals surface area contributed by atoms with E-state index in [2.05, 4.69) is 25.8 Å². The topological polar surface area (TPSA) is 33.2 Å². The van der Waals surface area contributed by atoms with Crippen LogP contribution in [0.15, 0.2) is 12.1 Å². The number of pyridine rings is 1. The number of halogens is 1. The minimum Gasteiger partial charge on any atom is -0.338 e. The number of hydrogen-bond acceptors (Lipinski definition) is 2. The Kier molecular flexibility index (Phi) is 4.46. The van der Waals surface area contributed by atoms with E-state index < -0.39 is 0 Å². The summed E-state index contributed by atoms with van der Waals surface area (Å²) in [6.07, 6.45) is 2.25. The van der Waals surface area contributed by atoms with Crippen LogP contribution in [0.3, 0.4) is 0 Å². The number of amides is 1. The molecule has 1 aromatic rings. The van der Waals surface area contributed by atoms with Gasteiger partial charge in [0.05, 0.1) is 0 Å². The van der Waals surface area contributed by atoms with Crippen molar-refractivity contribution in [1.29, 1.82) is 0 Å². The SMILES string of the molecule is CCC1CCN(C(=O)c2cc(Cl)nc(C(C)C)c2)C1. The molecule has 0 radical (unpaired) electrons. The van der Waals surface area contributed by atoms with Crippen molar-refractivity contribution in [3.05, 3.63) is 28.5 Å². The summed E-state index contributed by atoms with van der Waals surface area (Å²) in [6, 6.07) is 3.55. The molecule has 0 spiro atoms. The van der Waals surface area contributed by atoms with E-state index in [1.54, 1.807) is 6.07 Å². The van der Waals surface area contributed by atoms with Crippen molar-refractivity contribution in [3.63, 3.8) is 0 Å². The van der Waals surface area contributed by atoms with Crippen molar-refractivity contribution in [2.45, 2.75) is 39.5 Å². The van der Waals surface area contributed by atoms with Crippen molar-refractivity contribution >= 4 is 17.5 Å². The summed E-state index contributed by atoms with van der Waals surface area (Å²) < 4.78 is 0. The Bertz CT molecular complexity index is 473. The number of hydrogen-bond donors (Lipinski definition) is 0. The summed E-state index contributed by atoms with van der Waals surface area (Å²) in [5.74, 6) is 1.00. The van der Waals surface area contributed by atoms with Crippen LogP contribution in [0.25, 0.3) is 0 Å². The average Bonchev–Trinajstić information content (AvgIpc) is 2.85. The van der Waals surface area contributed by atoms with E-state index in [9.17, 15) is 4.79 Å². The van der Waals surface area contributed by atoms with Crippen LogP contribution in [-0.2, 0) is 0 Å². The Labute approximate surface area is 120 Å². The summed E-state index contributed by atoms with van der Waals surface area (Å²) in [7, 11) is 0. The Morgan fingerprint density at radius 3 is 2.84 bits per heavy atom. The van der Waals surface area contributed by atoms with Gasteiger partial charge in [0.2, 0.25) is 0 Å². The molecule has 2 heterocycles. The Morgan fingerprint density at radius 2 is 2.26 bits per heavy atom. The van der Waals surface area contributed by atoms with Gasteiger partial charge < -0.3 is 4.90 Å². The van der Waals surface area contributed by atoms with Gasteiger partial charge in [-0.3, -0.25) is 4.79 Å². The third-order valence-corrected chi connectivity index (χ3v) is 4.00. The van der Waals surface area contributed by atoms with Crippen molar-refractivity contribution in [2.24, 2.45) is 5.92 Å². The van der Waals surface area contributed by atoms with Crippen molar-refractivity contribution in [2.75, 3.05) is 13.1 Å². The first-order valence-corrected chi connectivity index (χ1v) is 7.35. The molecule has 1 aliphatic rings. The molecule has 1 amide bonds. The van der Waals surface area contributed by atoms with Gasteiger partial charge in [-0.25, -0.2) is 4.98 Å². The molecular weight excluding hydrogens is 260 g/mol. The van der Waals surface area contributed by atoms with Crippen LogP contribution in [0.2, 0.25) is 5.15 Å². The van der Waals surface area contributed by atoms with E-state index in [1.807, 2.05) is 11.0 Å². The van der Waals surface area contributed by atoms with Crippen LogP contribution in [0.4, 0.5) is 0 Å². The maximum Gasteiger partial charge on any atom is 0.254 e. The van der Waals surface area contributed by atoms with Crippen molar-refractivity contribution in [3.8, 4) is 0 Å². The zero-order valence-electron chi connectivity index (χ0n) is 11.8. The molecule has 1 aromatic heterocycles. The predicted octanol–water partition coefficient (Wildman–Crippen LogP) is 3.73. The molecule has 1 atom stereocenters. The largest absolute Gasteiger partial charge is 0.338 e. The van der Waals surface area contributed by atoms with E-state index in [4.69, 9.17) is 11.6 Å². The number of carbonyl (C=O) groups excluding carboxylic acids is 1. The van der Waals surface area contributed by atoms with E-state index in [0.29, 0.717) is 16.6 Å². The van der Waals surface area contributed by atoms with Crippen LogP contribution in [-0.4, -0.2) is 28.9 Å². The molecule has 0 aliphatic carbocycles. The van der Waals surface area contributed by atoms with Gasteiger partial charge in [-0.2, -0.15) is 0 Å². The lowest BCUT2D eigenvalue weighted by atomic mass is 10.1. The standard InChI is InChI=1S/C15H21ClN2O/c1-4-11-5-6-18(9-11)15(19)12-7-13(10(2)3)17-14(16)8-12/h7-8,10-11H,4-6,9H2,1-3H3. The van der Waals surface area contributed by atoms with Gasteiger partial charge in [0.15, 0.2) is 0 Å². The summed E-state index contributed by atoms with van der Waals surface area (Å²) in [6.45, 7) is 8.01. The normalized spacial score (nSPS) is 19.2. The van der Waals surface area contributed by atoms with E-state index in [0.717, 1.165) is 31.6 Å². The van der Waals surface area contributed by atoms with E-state index in [1.165, 1.54) is 0 Å². The van der Waals surface area contributed by atoms with Crippen LogP contribution in [0.5, 0.6) is 0 Å². The first-order valence-electron chi connectivity index (χ1n) is 6.98. The predicted molar refractivity (Wildman–Crippen MR) is 77.6 cm³/mol. The van der Waals surface area contributed by atoms with Gasteiger partial charge in [-0.05, 0) is 30.4 Å². The molecule has 104 valence electrons. The summed E-state index contributed by atoms with van der Waals surface area (Å²) in [5.41, 5.74) is 1.54. The minimum atomic E-state index is 0.0853. The van der Waals surface area contributed by atoms with Gasteiger partial charge in [-0.15, -0.1) is 0 Å². The quantitative estimate of drug-likeness (QED) is 0.791. The lowest BCUT2D eigenvalue weighted by molar-refractivity contribution is 0.0786. The Morgan fingerprint density at radius 1 is 1.53 bits per heavy atom. The molecule has 0 bridgehead atoms. The van der Waals surface area contributed by atoms with Crippen LogP contribution in [0.1, 0.15) is 55.6 Å². The van der Waals surface area contributed by atoms with Crippen LogP contribution in [0, 0.1) is 5.92 Å². The van der Waals surface area contributed by atoms with Crippen molar-refractivity contribution in [1.82, 2.24) is 9.88 Å². The van der Waals surface area contributed by atoms with Gasteiger partial charge in [-0.1, -0.05) is 38.8 Å². The number of likely N-dealkylation sites (tertiary alicyclic amines) is 1. The van der Waals surface area contributed by atoms with E-state index >= 15 is 0 Å². The zero-order chi connectivity index (χ0) is 14.0. The summed E-state index contributed by atoms with van der Waals surface area (Å²) in [4.78, 5) is 18.7. The fourth-order valence-electron chi connectivity index (χ4n) is 2.47. The number of rotatable bonds is 3.